The van der Waals surface area contributed by atoms with Crippen LogP contribution in [-0.4, -0.2) is 39.1 Å². The van der Waals surface area contributed by atoms with Gasteiger partial charge >= 0.3 is 0 Å². The lowest BCUT2D eigenvalue weighted by atomic mass is 9.75. The van der Waals surface area contributed by atoms with Crippen LogP contribution in [0.4, 0.5) is 13.2 Å². The third-order valence-corrected chi connectivity index (χ3v) is 7.73. The van der Waals surface area contributed by atoms with Crippen LogP contribution in [0.1, 0.15) is 72.1 Å². The molecule has 2 aliphatic rings. The molecule has 1 saturated carbocycles. The summed E-state index contributed by atoms with van der Waals surface area (Å²) in [5.41, 5.74) is 6.94. The van der Waals surface area contributed by atoms with E-state index in [4.69, 9.17) is 5.73 Å². The molecule has 3 aromatic rings. The van der Waals surface area contributed by atoms with E-state index in [0.29, 0.717) is 25.3 Å². The van der Waals surface area contributed by atoms with Crippen molar-refractivity contribution in [3.63, 3.8) is 0 Å². The molecule has 39 heavy (non-hydrogen) atoms. The third-order valence-electron chi connectivity index (χ3n) is 7.73. The summed E-state index contributed by atoms with van der Waals surface area (Å²) in [6.45, 7) is 2.76. The van der Waals surface area contributed by atoms with Crippen molar-refractivity contribution in [3.8, 4) is 11.3 Å². The maximum absolute atomic E-state index is 15.1. The Morgan fingerprint density at radius 3 is 2.54 bits per heavy atom. The molecule has 5 rings (SSSR count). The molecule has 3 atom stereocenters. The summed E-state index contributed by atoms with van der Waals surface area (Å²) in [7, 11) is 0. The number of ketones is 1. The van der Waals surface area contributed by atoms with E-state index in [-0.39, 0.29) is 42.1 Å². The van der Waals surface area contributed by atoms with Gasteiger partial charge in [0.1, 0.15) is 28.8 Å². The zero-order valence-corrected chi connectivity index (χ0v) is 21.8. The molecule has 2 aromatic heterocycles. The predicted octanol–water partition coefficient (Wildman–Crippen LogP) is 5.34. The highest BCUT2D eigenvalue weighted by atomic mass is 19.1. The molecular weight excluding hydrogens is 505 g/mol. The first-order valence-corrected chi connectivity index (χ1v) is 13.3. The van der Waals surface area contributed by atoms with Crippen molar-refractivity contribution in [2.45, 2.75) is 64.0 Å². The number of carbonyl (C=O) groups is 2. The number of likely N-dealkylation sites (tertiary alicyclic amines) is 1. The Morgan fingerprint density at radius 2 is 1.85 bits per heavy atom. The lowest BCUT2D eigenvalue weighted by Crippen LogP contribution is -2.31. The second-order valence-electron chi connectivity index (χ2n) is 10.8. The van der Waals surface area contributed by atoms with Crippen LogP contribution in [0.3, 0.4) is 0 Å². The first kappa shape index (κ1) is 27.0. The van der Waals surface area contributed by atoms with Crippen LogP contribution in [0.5, 0.6) is 0 Å². The van der Waals surface area contributed by atoms with Crippen LogP contribution in [0.2, 0.25) is 0 Å². The first-order valence-electron chi connectivity index (χ1n) is 13.3. The van der Waals surface area contributed by atoms with Crippen LogP contribution in [0.15, 0.2) is 42.7 Å². The smallest absolute Gasteiger partial charge is 0.222 e. The number of benzene rings is 1. The van der Waals surface area contributed by atoms with Gasteiger partial charge in [-0.3, -0.25) is 14.6 Å². The topological polar surface area (TPSA) is 89.2 Å². The molecule has 0 radical (unpaired) electrons. The molecule has 3 heterocycles. The van der Waals surface area contributed by atoms with Crippen LogP contribution in [0.25, 0.3) is 11.3 Å². The Hall–Kier alpha value is -3.59. The quantitative estimate of drug-likeness (QED) is 0.412. The number of nitrogens with zero attached hydrogens (tertiary/aromatic N) is 3. The summed E-state index contributed by atoms with van der Waals surface area (Å²) in [6.07, 6.45) is 7.15. The van der Waals surface area contributed by atoms with Gasteiger partial charge < -0.3 is 10.6 Å². The van der Waals surface area contributed by atoms with Crippen molar-refractivity contribution >= 4 is 11.7 Å². The van der Waals surface area contributed by atoms with Gasteiger partial charge in [0.15, 0.2) is 5.78 Å². The summed E-state index contributed by atoms with van der Waals surface area (Å²) >= 11 is 0. The molecule has 204 valence electrons. The van der Waals surface area contributed by atoms with E-state index in [9.17, 15) is 14.0 Å². The van der Waals surface area contributed by atoms with Gasteiger partial charge in [-0.2, -0.15) is 0 Å². The highest BCUT2D eigenvalue weighted by molar-refractivity contribution is 5.96. The molecule has 1 amide bonds. The number of hydrogen-bond acceptors (Lipinski definition) is 5. The van der Waals surface area contributed by atoms with Crippen molar-refractivity contribution in [2.24, 2.45) is 11.7 Å². The van der Waals surface area contributed by atoms with Crippen molar-refractivity contribution in [2.75, 3.05) is 6.54 Å². The minimum atomic E-state index is -1.01. The molecule has 6 nitrogen and oxygen atoms in total. The van der Waals surface area contributed by atoms with Gasteiger partial charge in [-0.15, -0.1) is 0 Å². The molecule has 9 heteroatoms. The van der Waals surface area contributed by atoms with Crippen LogP contribution in [0, 0.1) is 23.4 Å². The Morgan fingerprint density at radius 1 is 1.08 bits per heavy atom. The molecule has 2 fully saturated rings. The zero-order valence-electron chi connectivity index (χ0n) is 21.8. The van der Waals surface area contributed by atoms with E-state index in [1.54, 1.807) is 12.4 Å². The lowest BCUT2D eigenvalue weighted by Gasteiger charge is -2.32. The number of nitrogens with two attached hydrogens (primary N) is 1. The Bertz CT molecular complexity index is 1380. The highest BCUT2D eigenvalue weighted by Gasteiger charge is 2.28. The van der Waals surface area contributed by atoms with Gasteiger partial charge in [0, 0.05) is 44.4 Å². The normalized spacial score (nSPS) is 21.4. The number of halogens is 3. The molecule has 1 aromatic carbocycles. The molecule has 1 saturated heterocycles. The van der Waals surface area contributed by atoms with Crippen LogP contribution < -0.4 is 5.73 Å². The lowest BCUT2D eigenvalue weighted by molar-refractivity contribution is -0.128. The van der Waals surface area contributed by atoms with Gasteiger partial charge in [-0.05, 0) is 84.5 Å². The van der Waals surface area contributed by atoms with E-state index in [0.717, 1.165) is 48.6 Å². The van der Waals surface area contributed by atoms with E-state index < -0.39 is 34.5 Å². The maximum Gasteiger partial charge on any atom is 0.222 e. The molecular formula is C30H31F3N4O2. The molecule has 2 N–H and O–H groups in total. The van der Waals surface area contributed by atoms with E-state index in [1.165, 1.54) is 11.0 Å². The summed E-state index contributed by atoms with van der Waals surface area (Å²) in [5.74, 6) is -2.79. The van der Waals surface area contributed by atoms with Crippen molar-refractivity contribution in [1.29, 1.82) is 0 Å². The fourth-order valence-corrected chi connectivity index (χ4v) is 5.97. The standard InChI is InChI=1S/C30H31F3N4O2/c1-17-9-19(13-21(34)10-17)22-6-7-35-15-20(22)14-27(38)26-5-4-23(31)30(36-26)29-24(32)11-18(12-25(29)33)16-37-8-2-3-28(37)39/h4-7,11-12,15,17,19,21H,2-3,8-10,13-14,16,34H2,1H3/t17-,19+,21-/m0/s1. The van der Waals surface area contributed by atoms with Crippen molar-refractivity contribution in [1.82, 2.24) is 14.9 Å². The average Bonchev–Trinajstić information content (AvgIpc) is 3.28. The number of amides is 1. The molecule has 0 spiro atoms. The van der Waals surface area contributed by atoms with Gasteiger partial charge in [0.2, 0.25) is 5.91 Å². The monoisotopic (exact) mass is 536 g/mol. The number of Topliss-reactive ketones (excluding diaryl/α,β-unsaturated/α-hetero) is 1. The van der Waals surface area contributed by atoms with Gasteiger partial charge in [0.25, 0.3) is 0 Å². The average molecular weight is 537 g/mol. The number of carbonyl (C=O) groups excluding carboxylic acids is 2. The van der Waals surface area contributed by atoms with Crippen molar-refractivity contribution < 1.29 is 22.8 Å². The molecule has 1 aliphatic heterocycles. The highest BCUT2D eigenvalue weighted by Crippen LogP contribution is 2.37. The van der Waals surface area contributed by atoms with E-state index in [2.05, 4.69) is 16.9 Å². The van der Waals surface area contributed by atoms with Gasteiger partial charge in [-0.1, -0.05) is 6.92 Å². The second kappa shape index (κ2) is 11.3. The second-order valence-corrected chi connectivity index (χ2v) is 10.8. The molecule has 0 unspecified atom stereocenters. The summed E-state index contributed by atoms with van der Waals surface area (Å²) in [4.78, 5) is 34.9. The maximum atomic E-state index is 15.1. The Labute approximate surface area is 225 Å². The SMILES string of the molecule is C[C@@H]1C[C@H](N)C[C@H](c2ccncc2CC(=O)c2ccc(F)c(-c3c(F)cc(CN4CCCC4=O)cc3F)n2)C1. The van der Waals surface area contributed by atoms with Gasteiger partial charge in [-0.25, -0.2) is 18.2 Å². The fraction of sp³-hybridized carbons (Fsp3) is 0.400. The summed E-state index contributed by atoms with van der Waals surface area (Å²) in [6, 6.07) is 6.37. The fourth-order valence-electron chi connectivity index (χ4n) is 5.97. The largest absolute Gasteiger partial charge is 0.338 e. The Kier molecular flexibility index (Phi) is 7.79. The minimum absolute atomic E-state index is 0.0326. The number of rotatable bonds is 7. The number of aromatic nitrogens is 2. The molecule has 1 aliphatic carbocycles. The summed E-state index contributed by atoms with van der Waals surface area (Å²) < 4.78 is 45.0. The predicted molar refractivity (Wildman–Crippen MR) is 140 cm³/mol. The van der Waals surface area contributed by atoms with Crippen molar-refractivity contribution in [3.05, 3.63) is 82.6 Å². The number of pyridine rings is 2. The van der Waals surface area contributed by atoms with Gasteiger partial charge in [0.05, 0.1) is 5.56 Å². The number of hydrogen-bond donors (Lipinski definition) is 1. The van der Waals surface area contributed by atoms with Crippen LogP contribution >= 0.6 is 0 Å². The van der Waals surface area contributed by atoms with E-state index in [1.807, 2.05) is 6.07 Å². The van der Waals surface area contributed by atoms with Crippen LogP contribution in [-0.2, 0) is 17.8 Å². The third kappa shape index (κ3) is 5.88. The zero-order chi connectivity index (χ0) is 27.7. The Balaban J connectivity index is 1.40. The molecule has 0 bridgehead atoms. The van der Waals surface area contributed by atoms with E-state index >= 15 is 8.78 Å². The first-order chi connectivity index (χ1) is 18.7. The minimum Gasteiger partial charge on any atom is -0.338 e. The summed E-state index contributed by atoms with van der Waals surface area (Å²) in [5, 5.41) is 0.